The minimum Gasteiger partial charge on any atom is -0.480 e. The van der Waals surface area contributed by atoms with Gasteiger partial charge >= 0.3 is 5.97 Å². The molecule has 2 rings (SSSR count). The first kappa shape index (κ1) is 15.5. The molecule has 0 saturated heterocycles. The third-order valence-electron chi connectivity index (χ3n) is 3.94. The summed E-state index contributed by atoms with van der Waals surface area (Å²) in [5.41, 5.74) is 3.74. The molecule has 0 heterocycles. The van der Waals surface area contributed by atoms with Gasteiger partial charge < -0.3 is 10.0 Å². The highest BCUT2D eigenvalue weighted by Gasteiger charge is 2.17. The second kappa shape index (κ2) is 7.25. The number of amides is 1. The molecule has 114 valence electrons. The molecule has 21 heavy (non-hydrogen) atoms. The number of carbonyl (C=O) groups excluding carboxylic acids is 1. The second-order valence-electron chi connectivity index (χ2n) is 5.70. The van der Waals surface area contributed by atoms with Gasteiger partial charge in [-0.1, -0.05) is 25.1 Å². The van der Waals surface area contributed by atoms with Crippen molar-refractivity contribution in [2.45, 2.75) is 45.4 Å². The van der Waals surface area contributed by atoms with Crippen LogP contribution < -0.4 is 0 Å². The van der Waals surface area contributed by atoms with Crippen LogP contribution in [0.2, 0.25) is 0 Å². The van der Waals surface area contributed by atoms with Crippen LogP contribution in [0.1, 0.15) is 42.9 Å². The summed E-state index contributed by atoms with van der Waals surface area (Å²) in [6.07, 6.45) is 5.74. The van der Waals surface area contributed by atoms with Gasteiger partial charge in [-0.15, -0.1) is 0 Å². The average Bonchev–Trinajstić information content (AvgIpc) is 2.46. The van der Waals surface area contributed by atoms with E-state index in [0.717, 1.165) is 24.8 Å². The highest BCUT2D eigenvalue weighted by molar-refractivity contribution is 5.83. The zero-order valence-corrected chi connectivity index (χ0v) is 12.6. The maximum Gasteiger partial charge on any atom is 0.323 e. The third-order valence-corrected chi connectivity index (χ3v) is 3.94. The lowest BCUT2D eigenvalue weighted by Crippen LogP contribution is -2.37. The number of carbonyl (C=O) groups is 2. The molecule has 0 atom stereocenters. The average molecular weight is 289 g/mol. The van der Waals surface area contributed by atoms with Crippen LogP contribution in [0.15, 0.2) is 18.2 Å². The van der Waals surface area contributed by atoms with E-state index in [4.69, 9.17) is 5.11 Å². The van der Waals surface area contributed by atoms with Crippen LogP contribution in [0, 0.1) is 0 Å². The second-order valence-corrected chi connectivity index (χ2v) is 5.70. The number of rotatable bonds is 6. The molecule has 0 spiro atoms. The minimum atomic E-state index is -0.956. The van der Waals surface area contributed by atoms with Crippen molar-refractivity contribution in [2.75, 3.05) is 13.1 Å². The molecule has 1 amide bonds. The Morgan fingerprint density at radius 2 is 1.90 bits per heavy atom. The van der Waals surface area contributed by atoms with Gasteiger partial charge in [0.05, 0.1) is 6.42 Å². The van der Waals surface area contributed by atoms with Crippen molar-refractivity contribution in [3.05, 3.63) is 34.9 Å². The number of benzene rings is 1. The van der Waals surface area contributed by atoms with Crippen molar-refractivity contribution in [1.29, 1.82) is 0 Å². The Morgan fingerprint density at radius 1 is 1.19 bits per heavy atom. The fraction of sp³-hybridized carbons (Fsp3) is 0.529. The molecule has 0 bridgehead atoms. The topological polar surface area (TPSA) is 57.6 Å². The fourth-order valence-electron chi connectivity index (χ4n) is 2.91. The molecule has 0 fully saturated rings. The molecule has 4 heteroatoms. The van der Waals surface area contributed by atoms with Crippen molar-refractivity contribution in [3.63, 3.8) is 0 Å². The molecular weight excluding hydrogens is 266 g/mol. The molecule has 0 aromatic heterocycles. The van der Waals surface area contributed by atoms with Gasteiger partial charge in [-0.2, -0.15) is 0 Å². The molecule has 1 N–H and O–H groups in total. The van der Waals surface area contributed by atoms with E-state index in [0.29, 0.717) is 13.0 Å². The van der Waals surface area contributed by atoms with Crippen LogP contribution in [0.5, 0.6) is 0 Å². The molecule has 1 aliphatic carbocycles. The van der Waals surface area contributed by atoms with E-state index >= 15 is 0 Å². The van der Waals surface area contributed by atoms with Gasteiger partial charge in [-0.25, -0.2) is 0 Å². The Labute approximate surface area is 125 Å². The number of aliphatic carboxylic acids is 1. The van der Waals surface area contributed by atoms with E-state index in [9.17, 15) is 9.59 Å². The molecule has 0 saturated carbocycles. The summed E-state index contributed by atoms with van der Waals surface area (Å²) in [4.78, 5) is 24.5. The Hall–Kier alpha value is -1.84. The lowest BCUT2D eigenvalue weighted by molar-refractivity contribution is -0.144. The Kier molecular flexibility index (Phi) is 5.37. The quantitative estimate of drug-likeness (QED) is 0.875. The van der Waals surface area contributed by atoms with Crippen molar-refractivity contribution >= 4 is 11.9 Å². The minimum absolute atomic E-state index is 0.102. The number of carboxylic acid groups (broad SMARTS) is 1. The third kappa shape index (κ3) is 4.31. The summed E-state index contributed by atoms with van der Waals surface area (Å²) < 4.78 is 0. The number of nitrogens with zero attached hydrogens (tertiary/aromatic N) is 1. The molecule has 1 aromatic carbocycles. The van der Waals surface area contributed by atoms with E-state index < -0.39 is 5.97 Å². The highest BCUT2D eigenvalue weighted by Crippen LogP contribution is 2.22. The van der Waals surface area contributed by atoms with Gasteiger partial charge in [0, 0.05) is 6.54 Å². The summed E-state index contributed by atoms with van der Waals surface area (Å²) in [7, 11) is 0. The maximum atomic E-state index is 12.3. The monoisotopic (exact) mass is 289 g/mol. The Morgan fingerprint density at radius 3 is 2.57 bits per heavy atom. The predicted octanol–water partition coefficient (Wildman–Crippen LogP) is 2.43. The summed E-state index contributed by atoms with van der Waals surface area (Å²) in [6, 6.07) is 6.25. The molecular formula is C17H23NO3. The van der Waals surface area contributed by atoms with Gasteiger partial charge in [0.1, 0.15) is 6.54 Å². The number of fused-ring (bicyclic) bond motifs is 1. The SMILES string of the molecule is CCCN(CC(=O)O)C(=O)Cc1ccc2c(c1)CCCC2. The zero-order valence-electron chi connectivity index (χ0n) is 12.6. The predicted molar refractivity (Wildman–Crippen MR) is 81.3 cm³/mol. The normalized spacial score (nSPS) is 13.6. The summed E-state index contributed by atoms with van der Waals surface area (Å²) in [5, 5.41) is 8.89. The fourth-order valence-corrected chi connectivity index (χ4v) is 2.91. The smallest absolute Gasteiger partial charge is 0.323 e. The Bertz CT molecular complexity index is 525. The van der Waals surface area contributed by atoms with Crippen molar-refractivity contribution in [1.82, 2.24) is 4.90 Å². The first-order valence-electron chi connectivity index (χ1n) is 7.70. The largest absolute Gasteiger partial charge is 0.480 e. The first-order chi connectivity index (χ1) is 10.1. The number of aryl methyl sites for hydroxylation is 2. The number of hydrogen-bond acceptors (Lipinski definition) is 2. The van der Waals surface area contributed by atoms with Crippen LogP contribution in [0.4, 0.5) is 0 Å². The number of carboxylic acids is 1. The molecule has 1 aliphatic rings. The van der Waals surface area contributed by atoms with Crippen LogP contribution in [0.3, 0.4) is 0 Å². The van der Waals surface area contributed by atoms with Crippen molar-refractivity contribution in [2.24, 2.45) is 0 Å². The van der Waals surface area contributed by atoms with E-state index in [1.54, 1.807) is 0 Å². The summed E-state index contributed by atoms with van der Waals surface area (Å²) >= 11 is 0. The van der Waals surface area contributed by atoms with Crippen LogP contribution in [-0.2, 0) is 28.9 Å². The van der Waals surface area contributed by atoms with Crippen LogP contribution >= 0.6 is 0 Å². The lowest BCUT2D eigenvalue weighted by Gasteiger charge is -2.21. The van der Waals surface area contributed by atoms with Gasteiger partial charge in [-0.05, 0) is 48.8 Å². The van der Waals surface area contributed by atoms with E-state index in [-0.39, 0.29) is 12.5 Å². The molecule has 0 aliphatic heterocycles. The highest BCUT2D eigenvalue weighted by atomic mass is 16.4. The molecule has 0 unspecified atom stereocenters. The molecule has 0 radical (unpaired) electrons. The van der Waals surface area contributed by atoms with Crippen LogP contribution in [0.25, 0.3) is 0 Å². The van der Waals surface area contributed by atoms with E-state index in [1.165, 1.54) is 28.9 Å². The summed E-state index contributed by atoms with van der Waals surface area (Å²) in [5.74, 6) is -1.06. The number of hydrogen-bond donors (Lipinski definition) is 1. The standard InChI is InChI=1S/C17H23NO3/c1-2-9-18(12-17(20)21)16(19)11-13-7-8-14-5-3-4-6-15(14)10-13/h7-8,10H,2-6,9,11-12H2,1H3,(H,20,21). The van der Waals surface area contributed by atoms with Crippen molar-refractivity contribution in [3.8, 4) is 0 Å². The maximum absolute atomic E-state index is 12.3. The van der Waals surface area contributed by atoms with E-state index in [2.05, 4.69) is 12.1 Å². The Balaban J connectivity index is 2.05. The molecule has 1 aromatic rings. The summed E-state index contributed by atoms with van der Waals surface area (Å²) in [6.45, 7) is 2.23. The molecule has 4 nitrogen and oxygen atoms in total. The van der Waals surface area contributed by atoms with Gasteiger partial charge in [0.25, 0.3) is 0 Å². The zero-order chi connectivity index (χ0) is 15.2. The first-order valence-corrected chi connectivity index (χ1v) is 7.70. The van der Waals surface area contributed by atoms with Gasteiger partial charge in [-0.3, -0.25) is 9.59 Å². The lowest BCUT2D eigenvalue weighted by atomic mass is 9.90. The van der Waals surface area contributed by atoms with Crippen LogP contribution in [-0.4, -0.2) is 35.0 Å². The van der Waals surface area contributed by atoms with Crippen molar-refractivity contribution < 1.29 is 14.7 Å². The van der Waals surface area contributed by atoms with Gasteiger partial charge in [0.15, 0.2) is 0 Å². The van der Waals surface area contributed by atoms with Gasteiger partial charge in [0.2, 0.25) is 5.91 Å². The van der Waals surface area contributed by atoms with E-state index in [1.807, 2.05) is 13.0 Å².